The molecule has 3 N–H and O–H groups in total. The van der Waals surface area contributed by atoms with Crippen LogP contribution in [0.3, 0.4) is 0 Å². The molecule has 0 unspecified atom stereocenters. The first-order valence-electron chi connectivity index (χ1n) is 6.95. The number of rotatable bonds is 3. The van der Waals surface area contributed by atoms with Crippen molar-refractivity contribution in [3.05, 3.63) is 23.8 Å². The van der Waals surface area contributed by atoms with Crippen LogP contribution in [0.1, 0.15) is 48.9 Å². The molecule has 0 radical (unpaired) electrons. The SMILES string of the molecule is COc1cccc(N)c1C(=O)NC1CCCCCC1. The molecular weight excluding hydrogens is 240 g/mol. The number of carbonyl (C=O) groups is 1. The summed E-state index contributed by atoms with van der Waals surface area (Å²) in [5.41, 5.74) is 6.81. The molecule has 4 nitrogen and oxygen atoms in total. The zero-order valence-corrected chi connectivity index (χ0v) is 11.4. The predicted molar refractivity (Wildman–Crippen MR) is 76.4 cm³/mol. The third-order valence-corrected chi connectivity index (χ3v) is 3.70. The Morgan fingerprint density at radius 3 is 2.58 bits per heavy atom. The second-order valence-corrected chi connectivity index (χ2v) is 5.09. The van der Waals surface area contributed by atoms with E-state index < -0.39 is 0 Å². The smallest absolute Gasteiger partial charge is 0.257 e. The van der Waals surface area contributed by atoms with Crippen LogP contribution in [0.15, 0.2) is 18.2 Å². The molecule has 0 saturated heterocycles. The van der Waals surface area contributed by atoms with Gasteiger partial charge in [0.25, 0.3) is 5.91 Å². The lowest BCUT2D eigenvalue weighted by atomic mass is 10.1. The van der Waals surface area contributed by atoms with Gasteiger partial charge in [0.05, 0.1) is 7.11 Å². The highest BCUT2D eigenvalue weighted by Gasteiger charge is 2.20. The lowest BCUT2D eigenvalue weighted by molar-refractivity contribution is 0.0931. The van der Waals surface area contributed by atoms with Gasteiger partial charge in [-0.3, -0.25) is 4.79 Å². The number of nitrogens with one attached hydrogen (secondary N) is 1. The van der Waals surface area contributed by atoms with Gasteiger partial charge >= 0.3 is 0 Å². The number of amides is 1. The highest BCUT2D eigenvalue weighted by Crippen LogP contribution is 2.25. The minimum Gasteiger partial charge on any atom is -0.496 e. The number of carbonyl (C=O) groups excluding carboxylic acids is 1. The zero-order chi connectivity index (χ0) is 13.7. The Kier molecular flexibility index (Phi) is 4.66. The van der Waals surface area contributed by atoms with Gasteiger partial charge in [-0.05, 0) is 25.0 Å². The summed E-state index contributed by atoms with van der Waals surface area (Å²) >= 11 is 0. The van der Waals surface area contributed by atoms with E-state index in [0.717, 1.165) is 12.8 Å². The van der Waals surface area contributed by atoms with Crippen LogP contribution in [0.4, 0.5) is 5.69 Å². The molecule has 0 bridgehead atoms. The first kappa shape index (κ1) is 13.7. The van der Waals surface area contributed by atoms with E-state index >= 15 is 0 Å². The van der Waals surface area contributed by atoms with E-state index in [0.29, 0.717) is 17.0 Å². The summed E-state index contributed by atoms with van der Waals surface area (Å²) in [6.45, 7) is 0. The fourth-order valence-electron chi connectivity index (χ4n) is 2.64. The zero-order valence-electron chi connectivity index (χ0n) is 11.4. The molecule has 1 aromatic rings. The molecule has 104 valence electrons. The fourth-order valence-corrected chi connectivity index (χ4v) is 2.64. The average Bonchev–Trinajstić information content (AvgIpc) is 2.66. The molecule has 0 spiro atoms. The molecule has 1 aliphatic carbocycles. The Morgan fingerprint density at radius 1 is 1.26 bits per heavy atom. The van der Waals surface area contributed by atoms with Crippen molar-refractivity contribution >= 4 is 11.6 Å². The molecule has 0 atom stereocenters. The average molecular weight is 262 g/mol. The minimum atomic E-state index is -0.123. The Hall–Kier alpha value is -1.71. The molecule has 1 amide bonds. The van der Waals surface area contributed by atoms with Gasteiger partial charge in [-0.25, -0.2) is 0 Å². The van der Waals surface area contributed by atoms with E-state index in [1.165, 1.54) is 25.7 Å². The van der Waals surface area contributed by atoms with Gasteiger partial charge in [-0.2, -0.15) is 0 Å². The standard InChI is InChI=1S/C15H22N2O2/c1-19-13-10-6-9-12(16)14(13)15(18)17-11-7-4-2-3-5-8-11/h6,9-11H,2-5,7-8,16H2,1H3,(H,17,18). The molecule has 19 heavy (non-hydrogen) atoms. The number of anilines is 1. The van der Waals surface area contributed by atoms with Crippen molar-refractivity contribution in [2.24, 2.45) is 0 Å². The molecular formula is C15H22N2O2. The molecule has 1 fully saturated rings. The Morgan fingerprint density at radius 2 is 1.95 bits per heavy atom. The number of methoxy groups -OCH3 is 1. The van der Waals surface area contributed by atoms with Crippen LogP contribution in [0, 0.1) is 0 Å². The maximum atomic E-state index is 12.4. The molecule has 0 aliphatic heterocycles. The number of nitrogens with two attached hydrogens (primary N) is 1. The third-order valence-electron chi connectivity index (χ3n) is 3.70. The second kappa shape index (κ2) is 6.45. The number of nitrogen functional groups attached to an aromatic ring is 1. The van der Waals surface area contributed by atoms with E-state index in [9.17, 15) is 4.79 Å². The van der Waals surface area contributed by atoms with Gasteiger partial charge < -0.3 is 15.8 Å². The summed E-state index contributed by atoms with van der Waals surface area (Å²) < 4.78 is 5.22. The Labute approximate surface area is 114 Å². The van der Waals surface area contributed by atoms with E-state index in [4.69, 9.17) is 10.5 Å². The Bertz CT molecular complexity index is 438. The van der Waals surface area contributed by atoms with Crippen molar-refractivity contribution in [2.75, 3.05) is 12.8 Å². The van der Waals surface area contributed by atoms with Crippen LogP contribution in [-0.2, 0) is 0 Å². The molecule has 0 aromatic heterocycles. The van der Waals surface area contributed by atoms with Gasteiger partial charge in [-0.1, -0.05) is 31.7 Å². The highest BCUT2D eigenvalue weighted by atomic mass is 16.5. The summed E-state index contributed by atoms with van der Waals surface area (Å²) in [4.78, 5) is 12.4. The topological polar surface area (TPSA) is 64.3 Å². The molecule has 4 heteroatoms. The van der Waals surface area contributed by atoms with Crippen LogP contribution >= 0.6 is 0 Å². The second-order valence-electron chi connectivity index (χ2n) is 5.09. The van der Waals surface area contributed by atoms with E-state index in [-0.39, 0.29) is 11.9 Å². The normalized spacial score (nSPS) is 16.7. The van der Waals surface area contributed by atoms with E-state index in [2.05, 4.69) is 5.32 Å². The maximum Gasteiger partial charge on any atom is 0.257 e. The molecule has 2 rings (SSSR count). The van der Waals surface area contributed by atoms with Crippen LogP contribution in [0.2, 0.25) is 0 Å². The molecule has 1 aliphatic rings. The van der Waals surface area contributed by atoms with Gasteiger partial charge in [0, 0.05) is 11.7 Å². The summed E-state index contributed by atoms with van der Waals surface area (Å²) in [6.07, 6.45) is 7.02. The monoisotopic (exact) mass is 262 g/mol. The van der Waals surface area contributed by atoms with Gasteiger partial charge in [0.15, 0.2) is 0 Å². The number of ether oxygens (including phenoxy) is 1. The minimum absolute atomic E-state index is 0.123. The summed E-state index contributed by atoms with van der Waals surface area (Å²) in [6, 6.07) is 5.54. The Balaban J connectivity index is 2.10. The fraction of sp³-hybridized carbons (Fsp3) is 0.533. The van der Waals surface area contributed by atoms with Crippen molar-refractivity contribution < 1.29 is 9.53 Å². The quantitative estimate of drug-likeness (QED) is 0.650. The van der Waals surface area contributed by atoms with Crippen LogP contribution in [0.5, 0.6) is 5.75 Å². The number of benzene rings is 1. The lowest BCUT2D eigenvalue weighted by Gasteiger charge is -2.18. The van der Waals surface area contributed by atoms with Crippen LogP contribution in [-0.4, -0.2) is 19.1 Å². The van der Waals surface area contributed by atoms with Crippen molar-refractivity contribution in [3.8, 4) is 5.75 Å². The molecule has 1 saturated carbocycles. The van der Waals surface area contributed by atoms with Gasteiger partial charge in [0.1, 0.15) is 11.3 Å². The van der Waals surface area contributed by atoms with E-state index in [1.807, 2.05) is 0 Å². The van der Waals surface area contributed by atoms with Crippen molar-refractivity contribution in [1.82, 2.24) is 5.32 Å². The number of hydrogen-bond acceptors (Lipinski definition) is 3. The molecule has 1 aromatic carbocycles. The van der Waals surface area contributed by atoms with Crippen LogP contribution in [0.25, 0.3) is 0 Å². The van der Waals surface area contributed by atoms with Crippen LogP contribution < -0.4 is 15.8 Å². The third kappa shape index (κ3) is 3.40. The lowest BCUT2D eigenvalue weighted by Crippen LogP contribution is -2.35. The van der Waals surface area contributed by atoms with Gasteiger partial charge in [-0.15, -0.1) is 0 Å². The molecule has 0 heterocycles. The largest absolute Gasteiger partial charge is 0.496 e. The van der Waals surface area contributed by atoms with Gasteiger partial charge in [0.2, 0.25) is 0 Å². The van der Waals surface area contributed by atoms with Crippen molar-refractivity contribution in [1.29, 1.82) is 0 Å². The maximum absolute atomic E-state index is 12.4. The highest BCUT2D eigenvalue weighted by molar-refractivity contribution is 6.02. The summed E-state index contributed by atoms with van der Waals surface area (Å²) in [5, 5.41) is 3.09. The van der Waals surface area contributed by atoms with Crippen molar-refractivity contribution in [3.63, 3.8) is 0 Å². The summed E-state index contributed by atoms with van der Waals surface area (Å²) in [7, 11) is 1.55. The first-order valence-corrected chi connectivity index (χ1v) is 6.95. The number of hydrogen-bond donors (Lipinski definition) is 2. The summed E-state index contributed by atoms with van der Waals surface area (Å²) in [5.74, 6) is 0.410. The predicted octanol–water partition coefficient (Wildman–Crippen LogP) is 2.73. The van der Waals surface area contributed by atoms with E-state index in [1.54, 1.807) is 25.3 Å². The first-order chi connectivity index (χ1) is 9.22. The van der Waals surface area contributed by atoms with Crippen molar-refractivity contribution in [2.45, 2.75) is 44.6 Å².